The van der Waals surface area contributed by atoms with Crippen LogP contribution in [0.15, 0.2) is 0 Å². The van der Waals surface area contributed by atoms with Crippen molar-refractivity contribution in [2.75, 3.05) is 13.2 Å². The second kappa shape index (κ2) is 6.05. The van der Waals surface area contributed by atoms with Gasteiger partial charge in [0.05, 0.1) is 0 Å². The third kappa shape index (κ3) is 4.43. The first-order valence-electron chi connectivity index (χ1n) is 3.56. The van der Waals surface area contributed by atoms with E-state index in [0.717, 1.165) is 19.3 Å². The minimum atomic E-state index is 0.249. The van der Waals surface area contributed by atoms with Crippen molar-refractivity contribution in [1.82, 2.24) is 0 Å². The van der Waals surface area contributed by atoms with Crippen molar-refractivity contribution in [2.24, 2.45) is 5.92 Å². The Morgan fingerprint density at radius 2 is 1.56 bits per heavy atom. The van der Waals surface area contributed by atoms with Crippen LogP contribution in [0.4, 0.5) is 0 Å². The zero-order chi connectivity index (χ0) is 7.11. The van der Waals surface area contributed by atoms with Crippen LogP contribution in [0.5, 0.6) is 0 Å². The summed E-state index contributed by atoms with van der Waals surface area (Å²) in [4.78, 5) is 0. The van der Waals surface area contributed by atoms with Gasteiger partial charge < -0.3 is 10.2 Å². The Balaban J connectivity index is 3.18. The molecule has 0 aromatic heterocycles. The second-order valence-corrected chi connectivity index (χ2v) is 2.30. The van der Waals surface area contributed by atoms with Crippen LogP contribution in [0, 0.1) is 5.92 Å². The van der Waals surface area contributed by atoms with Gasteiger partial charge in [-0.25, -0.2) is 0 Å². The standard InChI is InChI=1S/C7H16O2/c1-2-7(3-5-8)4-6-9/h7-9H,2-6H2,1H3. The molecule has 0 saturated carbocycles. The van der Waals surface area contributed by atoms with Crippen LogP contribution in [0.25, 0.3) is 0 Å². The van der Waals surface area contributed by atoms with Crippen LogP contribution in [-0.4, -0.2) is 23.4 Å². The fourth-order valence-corrected chi connectivity index (χ4v) is 0.918. The summed E-state index contributed by atoms with van der Waals surface area (Å²) in [5.41, 5.74) is 0. The van der Waals surface area contributed by atoms with Crippen molar-refractivity contribution in [3.05, 3.63) is 0 Å². The van der Waals surface area contributed by atoms with E-state index in [4.69, 9.17) is 10.2 Å². The van der Waals surface area contributed by atoms with Gasteiger partial charge in [0.2, 0.25) is 0 Å². The summed E-state index contributed by atoms with van der Waals surface area (Å²) < 4.78 is 0. The molecule has 0 bridgehead atoms. The lowest BCUT2D eigenvalue weighted by atomic mass is 10.00. The molecule has 0 radical (unpaired) electrons. The van der Waals surface area contributed by atoms with Crippen molar-refractivity contribution in [1.29, 1.82) is 0 Å². The van der Waals surface area contributed by atoms with Gasteiger partial charge in [-0.05, 0) is 18.8 Å². The highest BCUT2D eigenvalue weighted by Gasteiger charge is 2.02. The van der Waals surface area contributed by atoms with Gasteiger partial charge in [-0.3, -0.25) is 0 Å². The maximum atomic E-state index is 8.51. The molecule has 0 aliphatic rings. The molecule has 2 heteroatoms. The summed E-state index contributed by atoms with van der Waals surface area (Å²) in [6.45, 7) is 2.58. The number of hydrogen-bond acceptors (Lipinski definition) is 2. The molecule has 0 aromatic rings. The zero-order valence-electron chi connectivity index (χ0n) is 6.01. The molecular weight excluding hydrogens is 116 g/mol. The molecule has 0 amide bonds. The monoisotopic (exact) mass is 132 g/mol. The Morgan fingerprint density at radius 3 is 1.78 bits per heavy atom. The van der Waals surface area contributed by atoms with Crippen molar-refractivity contribution in [3.63, 3.8) is 0 Å². The quantitative estimate of drug-likeness (QED) is 0.580. The molecule has 0 saturated heterocycles. The summed E-state index contributed by atoms with van der Waals surface area (Å²) >= 11 is 0. The van der Waals surface area contributed by atoms with Crippen LogP contribution in [0.3, 0.4) is 0 Å². The van der Waals surface area contributed by atoms with Gasteiger partial charge >= 0.3 is 0 Å². The predicted octanol–water partition coefficient (Wildman–Crippen LogP) is 0.777. The fourth-order valence-electron chi connectivity index (χ4n) is 0.918. The number of rotatable bonds is 5. The van der Waals surface area contributed by atoms with Gasteiger partial charge in [-0.15, -0.1) is 0 Å². The molecule has 2 nitrogen and oxygen atoms in total. The molecule has 0 heterocycles. The molecule has 0 rings (SSSR count). The van der Waals surface area contributed by atoms with Gasteiger partial charge in [0.1, 0.15) is 0 Å². The van der Waals surface area contributed by atoms with Crippen LogP contribution >= 0.6 is 0 Å². The van der Waals surface area contributed by atoms with Gasteiger partial charge in [-0.1, -0.05) is 13.3 Å². The van der Waals surface area contributed by atoms with Crippen molar-refractivity contribution < 1.29 is 10.2 Å². The summed E-state index contributed by atoms with van der Waals surface area (Å²) in [7, 11) is 0. The maximum absolute atomic E-state index is 8.51. The van der Waals surface area contributed by atoms with Crippen molar-refractivity contribution in [2.45, 2.75) is 26.2 Å². The number of aliphatic hydroxyl groups excluding tert-OH is 2. The molecule has 9 heavy (non-hydrogen) atoms. The highest BCUT2D eigenvalue weighted by molar-refractivity contribution is 4.54. The molecule has 0 fully saturated rings. The van der Waals surface area contributed by atoms with E-state index in [1.54, 1.807) is 0 Å². The van der Waals surface area contributed by atoms with Crippen LogP contribution < -0.4 is 0 Å². The first kappa shape index (κ1) is 8.92. The molecule has 0 aliphatic heterocycles. The largest absolute Gasteiger partial charge is 0.396 e. The average molecular weight is 132 g/mol. The van der Waals surface area contributed by atoms with E-state index in [9.17, 15) is 0 Å². The van der Waals surface area contributed by atoms with E-state index in [1.165, 1.54) is 0 Å². The lowest BCUT2D eigenvalue weighted by Gasteiger charge is -2.09. The molecule has 0 unspecified atom stereocenters. The minimum absolute atomic E-state index is 0.249. The molecular formula is C7H16O2. The Bertz CT molecular complexity index is 48.9. The summed E-state index contributed by atoms with van der Waals surface area (Å²) in [5.74, 6) is 0.514. The summed E-state index contributed by atoms with van der Waals surface area (Å²) in [5, 5.41) is 17.0. The van der Waals surface area contributed by atoms with E-state index in [-0.39, 0.29) is 13.2 Å². The van der Waals surface area contributed by atoms with Crippen LogP contribution in [0.1, 0.15) is 26.2 Å². The Hall–Kier alpha value is -0.0800. The van der Waals surface area contributed by atoms with E-state index < -0.39 is 0 Å². The third-order valence-corrected chi connectivity index (χ3v) is 1.65. The Morgan fingerprint density at radius 1 is 1.11 bits per heavy atom. The molecule has 0 aromatic carbocycles. The average Bonchev–Trinajstić information content (AvgIpc) is 1.88. The molecule has 56 valence electrons. The van der Waals surface area contributed by atoms with Crippen molar-refractivity contribution in [3.8, 4) is 0 Å². The minimum Gasteiger partial charge on any atom is -0.396 e. The summed E-state index contributed by atoms with van der Waals surface area (Å²) in [6, 6.07) is 0. The lowest BCUT2D eigenvalue weighted by Crippen LogP contribution is -2.03. The SMILES string of the molecule is CCC(CCO)CCO. The van der Waals surface area contributed by atoms with Crippen LogP contribution in [0.2, 0.25) is 0 Å². The van der Waals surface area contributed by atoms with Gasteiger partial charge in [0, 0.05) is 13.2 Å². The van der Waals surface area contributed by atoms with Crippen LogP contribution in [-0.2, 0) is 0 Å². The second-order valence-electron chi connectivity index (χ2n) is 2.30. The zero-order valence-corrected chi connectivity index (χ0v) is 6.01. The molecule has 0 atom stereocenters. The van der Waals surface area contributed by atoms with E-state index in [1.807, 2.05) is 0 Å². The maximum Gasteiger partial charge on any atom is 0.0433 e. The Labute approximate surface area is 56.5 Å². The first-order valence-corrected chi connectivity index (χ1v) is 3.56. The van der Waals surface area contributed by atoms with E-state index >= 15 is 0 Å². The highest BCUT2D eigenvalue weighted by Crippen LogP contribution is 2.10. The normalized spacial score (nSPS) is 10.7. The summed E-state index contributed by atoms with van der Waals surface area (Å²) in [6.07, 6.45) is 2.72. The van der Waals surface area contributed by atoms with Crippen molar-refractivity contribution >= 4 is 0 Å². The van der Waals surface area contributed by atoms with E-state index in [0.29, 0.717) is 5.92 Å². The number of hydrogen-bond donors (Lipinski definition) is 2. The number of aliphatic hydroxyl groups is 2. The highest BCUT2D eigenvalue weighted by atomic mass is 16.3. The van der Waals surface area contributed by atoms with E-state index in [2.05, 4.69) is 6.92 Å². The fraction of sp³-hybridized carbons (Fsp3) is 1.00. The van der Waals surface area contributed by atoms with Gasteiger partial charge in [0.25, 0.3) is 0 Å². The van der Waals surface area contributed by atoms with Gasteiger partial charge in [0.15, 0.2) is 0 Å². The molecule has 0 aliphatic carbocycles. The third-order valence-electron chi connectivity index (χ3n) is 1.65. The Kier molecular flexibility index (Phi) is 5.99. The first-order chi connectivity index (χ1) is 4.35. The molecule has 0 spiro atoms. The smallest absolute Gasteiger partial charge is 0.0433 e. The lowest BCUT2D eigenvalue weighted by molar-refractivity contribution is 0.213. The molecule has 2 N–H and O–H groups in total. The predicted molar refractivity (Wildman–Crippen MR) is 37.2 cm³/mol. The topological polar surface area (TPSA) is 40.5 Å². The van der Waals surface area contributed by atoms with Gasteiger partial charge in [-0.2, -0.15) is 0 Å².